The average Bonchev–Trinajstić information content (AvgIpc) is 2.73. The highest BCUT2D eigenvalue weighted by Gasteiger charge is 2.17. The summed E-state index contributed by atoms with van der Waals surface area (Å²) in [7, 11) is -2.37. The van der Waals surface area contributed by atoms with Crippen LogP contribution >= 0.6 is 0 Å². The van der Waals surface area contributed by atoms with E-state index in [1.54, 1.807) is 24.3 Å². The van der Waals surface area contributed by atoms with Crippen LogP contribution in [0.5, 0.6) is 17.2 Å². The van der Waals surface area contributed by atoms with Gasteiger partial charge in [0, 0.05) is 13.5 Å². The van der Waals surface area contributed by atoms with Gasteiger partial charge >= 0.3 is 0 Å². The van der Waals surface area contributed by atoms with Crippen molar-refractivity contribution in [3.63, 3.8) is 0 Å². The van der Waals surface area contributed by atoms with Gasteiger partial charge in [0.15, 0.2) is 0 Å². The van der Waals surface area contributed by atoms with Crippen molar-refractivity contribution in [2.24, 2.45) is 0 Å². The summed E-state index contributed by atoms with van der Waals surface area (Å²) >= 11 is 0. The summed E-state index contributed by atoms with van der Waals surface area (Å²) in [6, 6.07) is 20.8. The van der Waals surface area contributed by atoms with Gasteiger partial charge in [-0.1, -0.05) is 30.3 Å². The topological polar surface area (TPSA) is 93.7 Å². The number of amides is 1. The average molecular weight is 426 g/mol. The summed E-state index contributed by atoms with van der Waals surface area (Å²) in [5, 5.41) is 2.57. The van der Waals surface area contributed by atoms with Gasteiger partial charge < -0.3 is 14.8 Å². The number of anilines is 1. The second kappa shape index (κ2) is 9.43. The molecule has 0 aliphatic carbocycles. The van der Waals surface area contributed by atoms with Gasteiger partial charge in [0.1, 0.15) is 17.2 Å². The number of hydrogen-bond acceptors (Lipinski definition) is 5. The first-order valence-electron chi connectivity index (χ1n) is 9.14. The molecule has 0 atom stereocenters. The second-order valence-corrected chi connectivity index (χ2v) is 8.20. The molecule has 3 aromatic rings. The summed E-state index contributed by atoms with van der Waals surface area (Å²) in [5.41, 5.74) is 1.02. The minimum Gasteiger partial charge on any atom is -0.495 e. The van der Waals surface area contributed by atoms with E-state index < -0.39 is 10.0 Å². The molecule has 30 heavy (non-hydrogen) atoms. The van der Waals surface area contributed by atoms with Gasteiger partial charge in [-0.05, 0) is 48.0 Å². The van der Waals surface area contributed by atoms with Gasteiger partial charge in [-0.15, -0.1) is 0 Å². The van der Waals surface area contributed by atoms with Crippen molar-refractivity contribution in [1.29, 1.82) is 0 Å². The van der Waals surface area contributed by atoms with E-state index in [1.165, 1.54) is 32.2 Å². The minimum atomic E-state index is -3.81. The number of sulfonamides is 1. The maximum absolute atomic E-state index is 12.7. The van der Waals surface area contributed by atoms with Crippen LogP contribution in [0.1, 0.15) is 12.5 Å². The summed E-state index contributed by atoms with van der Waals surface area (Å²) in [6.07, 6.45) is 0. The molecule has 0 aliphatic rings. The van der Waals surface area contributed by atoms with Crippen LogP contribution in [-0.4, -0.2) is 21.4 Å². The summed E-state index contributed by atoms with van der Waals surface area (Å²) in [4.78, 5) is 11.4. The highest BCUT2D eigenvalue weighted by atomic mass is 32.2. The number of nitrogens with one attached hydrogen (secondary N) is 2. The molecule has 0 radical (unpaired) electrons. The highest BCUT2D eigenvalue weighted by molar-refractivity contribution is 7.89. The summed E-state index contributed by atoms with van der Waals surface area (Å²) in [6.45, 7) is 1.42. The molecule has 0 spiro atoms. The number of carbonyl (C=O) groups excluding carboxylic acids is 1. The van der Waals surface area contributed by atoms with E-state index in [1.807, 2.05) is 30.3 Å². The lowest BCUT2D eigenvalue weighted by Crippen LogP contribution is -2.23. The fraction of sp³-hybridized carbons (Fsp3) is 0.136. The fourth-order valence-electron chi connectivity index (χ4n) is 2.75. The van der Waals surface area contributed by atoms with Crippen molar-refractivity contribution >= 4 is 21.6 Å². The first-order valence-corrected chi connectivity index (χ1v) is 10.6. The Morgan fingerprint density at radius 2 is 1.67 bits per heavy atom. The first-order chi connectivity index (χ1) is 14.4. The number of carbonyl (C=O) groups is 1. The molecule has 0 heterocycles. The largest absolute Gasteiger partial charge is 0.495 e. The van der Waals surface area contributed by atoms with Gasteiger partial charge in [0.25, 0.3) is 0 Å². The monoisotopic (exact) mass is 426 g/mol. The number of para-hydroxylation sites is 1. The van der Waals surface area contributed by atoms with Crippen LogP contribution in [0.2, 0.25) is 0 Å². The molecule has 0 aliphatic heterocycles. The predicted molar refractivity (Wildman–Crippen MR) is 114 cm³/mol. The van der Waals surface area contributed by atoms with Crippen molar-refractivity contribution < 1.29 is 22.7 Å². The van der Waals surface area contributed by atoms with Crippen molar-refractivity contribution in [2.75, 3.05) is 12.4 Å². The Morgan fingerprint density at radius 3 is 2.37 bits per heavy atom. The molecule has 0 unspecified atom stereocenters. The SMILES string of the molecule is COc1ccc(S(=O)(=O)NCc2cccc(Oc3ccccc3)c2)cc1NC(C)=O. The summed E-state index contributed by atoms with van der Waals surface area (Å²) < 4.78 is 39.0. The van der Waals surface area contributed by atoms with E-state index in [-0.39, 0.29) is 23.0 Å². The molecule has 0 fully saturated rings. The molecular weight excluding hydrogens is 404 g/mol. The van der Waals surface area contributed by atoms with E-state index in [4.69, 9.17) is 9.47 Å². The third-order valence-corrected chi connectivity index (χ3v) is 5.53. The van der Waals surface area contributed by atoms with Crippen LogP contribution in [0.3, 0.4) is 0 Å². The van der Waals surface area contributed by atoms with Crippen LogP contribution in [0, 0.1) is 0 Å². The lowest BCUT2D eigenvalue weighted by molar-refractivity contribution is -0.114. The lowest BCUT2D eigenvalue weighted by atomic mass is 10.2. The molecule has 8 heteroatoms. The molecule has 156 valence electrons. The van der Waals surface area contributed by atoms with Gasteiger partial charge in [-0.3, -0.25) is 4.79 Å². The number of methoxy groups -OCH3 is 1. The van der Waals surface area contributed by atoms with E-state index in [0.717, 1.165) is 5.56 Å². The maximum atomic E-state index is 12.7. The zero-order chi connectivity index (χ0) is 21.6. The molecule has 0 saturated carbocycles. The molecule has 2 N–H and O–H groups in total. The third-order valence-electron chi connectivity index (χ3n) is 4.14. The Kier molecular flexibility index (Phi) is 6.71. The van der Waals surface area contributed by atoms with Crippen molar-refractivity contribution in [2.45, 2.75) is 18.4 Å². The Labute approximate surface area is 175 Å². The maximum Gasteiger partial charge on any atom is 0.240 e. The molecule has 3 rings (SSSR count). The molecule has 0 bridgehead atoms. The first kappa shape index (κ1) is 21.4. The van der Waals surface area contributed by atoms with Gasteiger partial charge in [0.05, 0.1) is 17.7 Å². The van der Waals surface area contributed by atoms with Crippen LogP contribution in [-0.2, 0) is 21.4 Å². The summed E-state index contributed by atoms with van der Waals surface area (Å²) in [5.74, 6) is 1.34. The number of ether oxygens (including phenoxy) is 2. The number of benzene rings is 3. The number of rotatable bonds is 8. The van der Waals surface area contributed by atoms with E-state index in [9.17, 15) is 13.2 Å². The van der Waals surface area contributed by atoms with Crippen LogP contribution in [0.15, 0.2) is 77.7 Å². The Hall–Kier alpha value is -3.36. The van der Waals surface area contributed by atoms with Crippen molar-refractivity contribution in [3.8, 4) is 17.2 Å². The van der Waals surface area contributed by atoms with E-state index in [2.05, 4.69) is 10.0 Å². The van der Waals surface area contributed by atoms with Crippen molar-refractivity contribution in [3.05, 3.63) is 78.4 Å². The molecule has 7 nitrogen and oxygen atoms in total. The lowest BCUT2D eigenvalue weighted by Gasteiger charge is -2.12. The standard InChI is InChI=1S/C22H22N2O5S/c1-16(25)24-21-14-20(11-12-22(21)28-2)30(26,27)23-15-17-7-6-10-19(13-17)29-18-8-4-3-5-9-18/h3-14,23H,15H2,1-2H3,(H,24,25). The van der Waals surface area contributed by atoms with E-state index >= 15 is 0 Å². The molecule has 1 amide bonds. The van der Waals surface area contributed by atoms with Crippen molar-refractivity contribution in [1.82, 2.24) is 4.72 Å². The molecule has 0 saturated heterocycles. The smallest absolute Gasteiger partial charge is 0.240 e. The normalized spacial score (nSPS) is 11.0. The number of hydrogen-bond donors (Lipinski definition) is 2. The van der Waals surface area contributed by atoms with Gasteiger partial charge in [-0.25, -0.2) is 13.1 Å². The Balaban J connectivity index is 1.73. The van der Waals surface area contributed by atoms with Gasteiger partial charge in [0.2, 0.25) is 15.9 Å². The highest BCUT2D eigenvalue weighted by Crippen LogP contribution is 2.28. The predicted octanol–water partition coefficient (Wildman–Crippen LogP) is 3.92. The fourth-order valence-corrected chi connectivity index (χ4v) is 3.79. The third kappa shape index (κ3) is 5.59. The minimum absolute atomic E-state index is 0.0174. The Bertz CT molecular complexity index is 1130. The molecule has 3 aromatic carbocycles. The van der Waals surface area contributed by atoms with Gasteiger partial charge in [-0.2, -0.15) is 0 Å². The van der Waals surface area contributed by atoms with Crippen LogP contribution < -0.4 is 19.5 Å². The van der Waals surface area contributed by atoms with Crippen LogP contribution in [0.25, 0.3) is 0 Å². The zero-order valence-electron chi connectivity index (χ0n) is 16.6. The van der Waals surface area contributed by atoms with E-state index in [0.29, 0.717) is 17.2 Å². The molecule has 0 aromatic heterocycles. The zero-order valence-corrected chi connectivity index (χ0v) is 17.4. The quantitative estimate of drug-likeness (QED) is 0.569. The Morgan fingerprint density at radius 1 is 0.933 bits per heavy atom. The van der Waals surface area contributed by atoms with Crippen LogP contribution in [0.4, 0.5) is 5.69 Å². The second-order valence-electron chi connectivity index (χ2n) is 6.43. The molecular formula is C22H22N2O5S.